The molecule has 0 spiro atoms. The molecule has 2 aromatic heterocycles. The van der Waals surface area contributed by atoms with Crippen LogP contribution in [0.15, 0.2) is 18.6 Å². The van der Waals surface area contributed by atoms with Gasteiger partial charge in [0.15, 0.2) is 5.65 Å². The highest BCUT2D eigenvalue weighted by molar-refractivity contribution is 6.01. The first-order valence-electron chi connectivity index (χ1n) is 8.52. The number of carbonyl (C=O) groups is 2. The van der Waals surface area contributed by atoms with Gasteiger partial charge in [-0.05, 0) is 19.0 Å². The predicted octanol–water partition coefficient (Wildman–Crippen LogP) is 0.811. The Hall–Kier alpha value is -2.48. The topological polar surface area (TPSA) is 106 Å². The number of nitrogens with zero attached hydrogens (tertiary/aromatic N) is 4. The van der Waals surface area contributed by atoms with Gasteiger partial charge in [0.1, 0.15) is 11.6 Å². The molecular formula is C17H26N6O2. The van der Waals surface area contributed by atoms with E-state index in [4.69, 9.17) is 5.73 Å². The molecule has 0 fully saturated rings. The molecule has 0 unspecified atom stereocenters. The van der Waals surface area contributed by atoms with Crippen molar-refractivity contribution in [2.24, 2.45) is 11.7 Å². The fourth-order valence-corrected chi connectivity index (χ4v) is 2.65. The third-order valence-electron chi connectivity index (χ3n) is 4.21. The van der Waals surface area contributed by atoms with Gasteiger partial charge in [-0.2, -0.15) is 5.10 Å². The van der Waals surface area contributed by atoms with E-state index in [0.717, 1.165) is 25.2 Å². The number of nitrogens with two attached hydrogens (primary N) is 1. The number of carbonyl (C=O) groups excluding carboxylic acids is 2. The van der Waals surface area contributed by atoms with Crippen LogP contribution in [0.3, 0.4) is 0 Å². The van der Waals surface area contributed by atoms with Crippen LogP contribution in [0.1, 0.15) is 43.6 Å². The highest BCUT2D eigenvalue weighted by atomic mass is 16.2. The Morgan fingerprint density at radius 1 is 1.28 bits per heavy atom. The Morgan fingerprint density at radius 2 is 1.96 bits per heavy atom. The zero-order valence-corrected chi connectivity index (χ0v) is 15.2. The van der Waals surface area contributed by atoms with E-state index in [9.17, 15) is 9.59 Å². The van der Waals surface area contributed by atoms with Crippen molar-refractivity contribution in [3.8, 4) is 0 Å². The first kappa shape index (κ1) is 18.9. The van der Waals surface area contributed by atoms with Gasteiger partial charge >= 0.3 is 0 Å². The van der Waals surface area contributed by atoms with E-state index in [1.165, 1.54) is 6.20 Å². The molecule has 2 rings (SSSR count). The molecule has 2 heterocycles. The van der Waals surface area contributed by atoms with Crippen molar-refractivity contribution in [3.05, 3.63) is 29.7 Å². The quantitative estimate of drug-likeness (QED) is 0.736. The fourth-order valence-electron chi connectivity index (χ4n) is 2.65. The molecule has 8 heteroatoms. The molecule has 0 saturated heterocycles. The van der Waals surface area contributed by atoms with Gasteiger partial charge in [0.05, 0.1) is 6.20 Å². The van der Waals surface area contributed by atoms with Gasteiger partial charge in [-0.25, -0.2) is 9.50 Å². The van der Waals surface area contributed by atoms with Gasteiger partial charge in [-0.1, -0.05) is 27.7 Å². The standard InChI is InChI=1S/C17H26N6O2/c1-5-22(6-2)9-12-7-19-16-13(8-20-23(16)10-12)17(25)21-14(11(3)4)15(18)24/h7-8,10-11,14H,5-6,9H2,1-4H3,(H2,18,24)(H,21,25)/t14-/m0/s1. The minimum absolute atomic E-state index is 0.100. The molecule has 0 radical (unpaired) electrons. The van der Waals surface area contributed by atoms with E-state index in [1.807, 2.05) is 20.0 Å². The summed E-state index contributed by atoms with van der Waals surface area (Å²) in [5, 5.41) is 6.88. The lowest BCUT2D eigenvalue weighted by Crippen LogP contribution is -2.47. The molecule has 0 aliphatic carbocycles. The molecule has 136 valence electrons. The molecule has 8 nitrogen and oxygen atoms in total. The van der Waals surface area contributed by atoms with E-state index in [1.54, 1.807) is 10.7 Å². The summed E-state index contributed by atoms with van der Waals surface area (Å²) in [4.78, 5) is 30.6. The van der Waals surface area contributed by atoms with Crippen LogP contribution in [-0.4, -0.2) is 50.4 Å². The molecular weight excluding hydrogens is 320 g/mol. The molecule has 1 atom stereocenters. The predicted molar refractivity (Wildman–Crippen MR) is 94.9 cm³/mol. The Morgan fingerprint density at radius 3 is 2.52 bits per heavy atom. The zero-order valence-electron chi connectivity index (χ0n) is 15.2. The molecule has 0 aliphatic heterocycles. The molecule has 25 heavy (non-hydrogen) atoms. The summed E-state index contributed by atoms with van der Waals surface area (Å²) in [6.45, 7) is 10.5. The summed E-state index contributed by atoms with van der Waals surface area (Å²) in [6, 6.07) is -0.732. The second-order valence-electron chi connectivity index (χ2n) is 6.35. The van der Waals surface area contributed by atoms with Gasteiger partial charge in [0.2, 0.25) is 5.91 Å². The van der Waals surface area contributed by atoms with Crippen molar-refractivity contribution >= 4 is 17.5 Å². The van der Waals surface area contributed by atoms with Crippen molar-refractivity contribution < 1.29 is 9.59 Å². The minimum Gasteiger partial charge on any atom is -0.368 e. The van der Waals surface area contributed by atoms with Gasteiger partial charge in [-0.3, -0.25) is 14.5 Å². The highest BCUT2D eigenvalue weighted by Crippen LogP contribution is 2.12. The Balaban J connectivity index is 2.22. The third-order valence-corrected chi connectivity index (χ3v) is 4.21. The normalized spacial score (nSPS) is 12.7. The van der Waals surface area contributed by atoms with Gasteiger partial charge < -0.3 is 11.1 Å². The Kier molecular flexibility index (Phi) is 6.08. The lowest BCUT2D eigenvalue weighted by atomic mass is 10.0. The molecule has 2 aromatic rings. The summed E-state index contributed by atoms with van der Waals surface area (Å²) in [7, 11) is 0. The number of hydrogen-bond acceptors (Lipinski definition) is 5. The average molecular weight is 346 g/mol. The van der Waals surface area contributed by atoms with E-state index in [2.05, 4.69) is 34.1 Å². The van der Waals surface area contributed by atoms with Crippen molar-refractivity contribution in [1.29, 1.82) is 0 Å². The summed E-state index contributed by atoms with van der Waals surface area (Å²) in [5.41, 5.74) is 7.14. The van der Waals surface area contributed by atoms with Crippen LogP contribution >= 0.6 is 0 Å². The van der Waals surface area contributed by atoms with Gasteiger partial charge in [0.25, 0.3) is 5.91 Å². The Bertz CT molecular complexity index is 751. The summed E-state index contributed by atoms with van der Waals surface area (Å²) < 4.78 is 1.59. The maximum Gasteiger partial charge on any atom is 0.257 e. The molecule has 2 amide bonds. The number of nitrogens with one attached hydrogen (secondary N) is 1. The van der Waals surface area contributed by atoms with E-state index < -0.39 is 17.9 Å². The maximum atomic E-state index is 12.5. The summed E-state index contributed by atoms with van der Waals surface area (Å²) in [5.74, 6) is -1.07. The number of primary amides is 1. The molecule has 3 N–H and O–H groups in total. The van der Waals surface area contributed by atoms with Crippen molar-refractivity contribution in [3.63, 3.8) is 0 Å². The summed E-state index contributed by atoms with van der Waals surface area (Å²) >= 11 is 0. The van der Waals surface area contributed by atoms with E-state index in [-0.39, 0.29) is 5.92 Å². The second kappa shape index (κ2) is 8.06. The van der Waals surface area contributed by atoms with Gasteiger partial charge in [-0.15, -0.1) is 0 Å². The average Bonchev–Trinajstić information content (AvgIpc) is 2.99. The summed E-state index contributed by atoms with van der Waals surface area (Å²) in [6.07, 6.45) is 5.07. The van der Waals surface area contributed by atoms with E-state index in [0.29, 0.717) is 11.2 Å². The number of aromatic nitrogens is 3. The van der Waals surface area contributed by atoms with E-state index >= 15 is 0 Å². The van der Waals surface area contributed by atoms with Crippen LogP contribution in [0.5, 0.6) is 0 Å². The molecule has 0 bridgehead atoms. The van der Waals surface area contributed by atoms with Crippen LogP contribution < -0.4 is 11.1 Å². The maximum absolute atomic E-state index is 12.5. The molecule has 0 aromatic carbocycles. The number of rotatable bonds is 8. The molecule has 0 aliphatic rings. The SMILES string of the molecule is CCN(CC)Cc1cnc2c(C(=O)N[C@H](C(N)=O)C(C)C)cnn2c1. The van der Waals surface area contributed by atoms with Crippen molar-refractivity contribution in [1.82, 2.24) is 24.8 Å². The first-order valence-corrected chi connectivity index (χ1v) is 8.52. The lowest BCUT2D eigenvalue weighted by Gasteiger charge is -2.18. The number of hydrogen-bond donors (Lipinski definition) is 2. The largest absolute Gasteiger partial charge is 0.368 e. The van der Waals surface area contributed by atoms with Crippen molar-refractivity contribution in [2.45, 2.75) is 40.3 Å². The second-order valence-corrected chi connectivity index (χ2v) is 6.35. The van der Waals surface area contributed by atoms with Crippen LogP contribution in [0, 0.1) is 5.92 Å². The zero-order chi connectivity index (χ0) is 18.6. The van der Waals surface area contributed by atoms with Crippen LogP contribution in [0.2, 0.25) is 0 Å². The lowest BCUT2D eigenvalue weighted by molar-refractivity contribution is -0.120. The Labute approximate surface area is 147 Å². The number of amides is 2. The first-order chi connectivity index (χ1) is 11.9. The van der Waals surface area contributed by atoms with Crippen LogP contribution in [0.25, 0.3) is 5.65 Å². The van der Waals surface area contributed by atoms with Gasteiger partial charge in [0, 0.05) is 24.5 Å². The minimum atomic E-state index is -0.732. The molecule has 0 saturated carbocycles. The monoisotopic (exact) mass is 346 g/mol. The number of fused-ring (bicyclic) bond motifs is 1. The third kappa shape index (κ3) is 4.33. The fraction of sp³-hybridized carbons (Fsp3) is 0.529. The smallest absolute Gasteiger partial charge is 0.257 e. The highest BCUT2D eigenvalue weighted by Gasteiger charge is 2.24. The van der Waals surface area contributed by atoms with Crippen LogP contribution in [0.4, 0.5) is 0 Å². The van der Waals surface area contributed by atoms with Crippen molar-refractivity contribution in [2.75, 3.05) is 13.1 Å². The van der Waals surface area contributed by atoms with Crippen LogP contribution in [-0.2, 0) is 11.3 Å².